The zero-order valence-electron chi connectivity index (χ0n) is 19.4. The minimum atomic E-state index is -2.47. The van der Waals surface area contributed by atoms with Gasteiger partial charge >= 0.3 is 0 Å². The molecule has 4 aliphatic carbocycles. The van der Waals surface area contributed by atoms with E-state index in [1.165, 1.54) is 94.4 Å². The highest BCUT2D eigenvalue weighted by Crippen LogP contribution is 2.76. The fourth-order valence-corrected chi connectivity index (χ4v) is 12.6. The van der Waals surface area contributed by atoms with Crippen LogP contribution in [-0.2, 0) is 4.57 Å². The molecule has 2 unspecified atom stereocenters. The summed E-state index contributed by atoms with van der Waals surface area (Å²) < 4.78 is 27.3. The standard InChI is InChI=1S/C27H39O3P/c1-29-23-14-9-15-24(30-2)26(23)25-19-16-17-20(18-19)27(25)31(28,21-10-5-3-6-11-21)22-12-7-4-8-13-22/h9,14-15,19-22H,3-8,10-13,16-18H2,1-2H3. The predicted octanol–water partition coefficient (Wildman–Crippen LogP) is 7.87. The van der Waals surface area contributed by atoms with Gasteiger partial charge in [-0.1, -0.05) is 44.6 Å². The molecule has 0 spiro atoms. The molecule has 31 heavy (non-hydrogen) atoms. The van der Waals surface area contributed by atoms with Crippen LogP contribution < -0.4 is 9.47 Å². The van der Waals surface area contributed by atoms with E-state index in [0.717, 1.165) is 17.1 Å². The van der Waals surface area contributed by atoms with Gasteiger partial charge in [-0.15, -0.1) is 0 Å². The Morgan fingerprint density at radius 1 is 0.742 bits per heavy atom. The van der Waals surface area contributed by atoms with Crippen LogP contribution in [0.25, 0.3) is 5.57 Å². The first-order chi connectivity index (χ1) is 15.2. The summed E-state index contributed by atoms with van der Waals surface area (Å²) in [6, 6.07) is 6.12. The van der Waals surface area contributed by atoms with Crippen LogP contribution in [0.2, 0.25) is 0 Å². The fourth-order valence-electron chi connectivity index (χ4n) is 7.46. The quantitative estimate of drug-likeness (QED) is 0.420. The number of allylic oxidation sites excluding steroid dienone is 2. The van der Waals surface area contributed by atoms with Crippen LogP contribution in [0.3, 0.4) is 0 Å². The van der Waals surface area contributed by atoms with E-state index in [2.05, 4.69) is 12.1 Å². The molecule has 0 heterocycles. The summed E-state index contributed by atoms with van der Waals surface area (Å²) in [5, 5.41) is 1.41. The highest BCUT2D eigenvalue weighted by molar-refractivity contribution is 7.69. The van der Waals surface area contributed by atoms with Gasteiger partial charge in [-0.25, -0.2) is 0 Å². The molecular formula is C27H39O3P. The first kappa shape index (κ1) is 21.6. The minimum Gasteiger partial charge on any atom is -0.496 e. The molecular weight excluding hydrogens is 403 g/mol. The van der Waals surface area contributed by atoms with Crippen molar-refractivity contribution in [3.63, 3.8) is 0 Å². The van der Waals surface area contributed by atoms with Crippen LogP contribution in [0.1, 0.15) is 89.0 Å². The first-order valence-electron chi connectivity index (χ1n) is 12.7. The SMILES string of the molecule is COc1cccc(OC)c1C1=C(P(=O)(C2CCCCC2)C2CCCCC2)C2CCC1C2. The normalized spacial score (nSPS) is 27.7. The van der Waals surface area contributed by atoms with Crippen molar-refractivity contribution >= 4 is 12.7 Å². The monoisotopic (exact) mass is 442 g/mol. The summed E-state index contributed by atoms with van der Waals surface area (Å²) in [5.41, 5.74) is 3.32. The Labute approximate surface area is 188 Å². The molecule has 4 heteroatoms. The van der Waals surface area contributed by atoms with Crippen molar-refractivity contribution in [3.05, 3.63) is 29.1 Å². The number of hydrogen-bond acceptors (Lipinski definition) is 3. The predicted molar refractivity (Wildman–Crippen MR) is 129 cm³/mol. The van der Waals surface area contributed by atoms with Crippen LogP contribution in [-0.4, -0.2) is 25.5 Å². The summed E-state index contributed by atoms with van der Waals surface area (Å²) in [4.78, 5) is 0. The van der Waals surface area contributed by atoms with Crippen LogP contribution in [0, 0.1) is 11.8 Å². The topological polar surface area (TPSA) is 35.5 Å². The molecule has 170 valence electrons. The fraction of sp³-hybridized carbons (Fsp3) is 0.704. The summed E-state index contributed by atoms with van der Waals surface area (Å²) >= 11 is 0. The number of rotatable bonds is 6. The lowest BCUT2D eigenvalue weighted by Gasteiger charge is -2.42. The molecule has 0 amide bonds. The highest BCUT2D eigenvalue weighted by Gasteiger charge is 2.53. The van der Waals surface area contributed by atoms with Gasteiger partial charge in [0.05, 0.1) is 19.8 Å². The van der Waals surface area contributed by atoms with Crippen molar-refractivity contribution in [3.8, 4) is 11.5 Å². The van der Waals surface area contributed by atoms with E-state index in [4.69, 9.17) is 9.47 Å². The zero-order valence-corrected chi connectivity index (χ0v) is 20.3. The Balaban J connectivity index is 1.72. The second kappa shape index (κ2) is 8.97. The maximum atomic E-state index is 15.6. The molecule has 3 saturated carbocycles. The van der Waals surface area contributed by atoms with Crippen LogP contribution in [0.5, 0.6) is 11.5 Å². The van der Waals surface area contributed by atoms with Gasteiger partial charge < -0.3 is 14.0 Å². The molecule has 1 aromatic carbocycles. The first-order valence-corrected chi connectivity index (χ1v) is 14.6. The maximum Gasteiger partial charge on any atom is 0.130 e. The molecule has 2 atom stereocenters. The molecule has 0 saturated heterocycles. The van der Waals surface area contributed by atoms with E-state index in [9.17, 15) is 0 Å². The lowest BCUT2D eigenvalue weighted by Crippen LogP contribution is -2.26. The third-order valence-electron chi connectivity index (χ3n) is 8.81. The van der Waals surface area contributed by atoms with Crippen LogP contribution >= 0.6 is 7.14 Å². The Morgan fingerprint density at radius 2 is 1.26 bits per heavy atom. The van der Waals surface area contributed by atoms with Gasteiger partial charge in [0, 0.05) is 11.3 Å². The van der Waals surface area contributed by atoms with E-state index < -0.39 is 7.14 Å². The third kappa shape index (κ3) is 3.60. The van der Waals surface area contributed by atoms with Gasteiger partial charge in [0.25, 0.3) is 0 Å². The average Bonchev–Trinajstić information content (AvgIpc) is 3.46. The molecule has 0 N–H and O–H groups in total. The van der Waals surface area contributed by atoms with E-state index in [0.29, 0.717) is 23.2 Å². The number of hydrogen-bond donors (Lipinski definition) is 0. The summed E-state index contributed by atoms with van der Waals surface area (Å²) in [6.07, 6.45) is 16.0. The van der Waals surface area contributed by atoms with E-state index in [-0.39, 0.29) is 0 Å². The summed E-state index contributed by atoms with van der Waals surface area (Å²) in [5.74, 6) is 2.81. The maximum absolute atomic E-state index is 15.6. The van der Waals surface area contributed by atoms with Crippen molar-refractivity contribution in [1.82, 2.24) is 0 Å². The van der Waals surface area contributed by atoms with Crippen LogP contribution in [0.4, 0.5) is 0 Å². The zero-order chi connectivity index (χ0) is 21.4. The third-order valence-corrected chi connectivity index (χ3v) is 13.4. The van der Waals surface area contributed by atoms with Gasteiger partial charge in [-0.05, 0) is 79.8 Å². The molecule has 3 fully saturated rings. The van der Waals surface area contributed by atoms with E-state index in [1.54, 1.807) is 14.2 Å². The second-order valence-corrected chi connectivity index (χ2v) is 13.7. The largest absolute Gasteiger partial charge is 0.496 e. The molecule has 1 aromatic rings. The van der Waals surface area contributed by atoms with Crippen molar-refractivity contribution < 1.29 is 14.0 Å². The Bertz CT molecular complexity index is 832. The molecule has 5 rings (SSSR count). The highest BCUT2D eigenvalue weighted by atomic mass is 31.2. The van der Waals surface area contributed by atoms with Crippen molar-refractivity contribution in [1.29, 1.82) is 0 Å². The van der Waals surface area contributed by atoms with Crippen molar-refractivity contribution in [2.75, 3.05) is 14.2 Å². The smallest absolute Gasteiger partial charge is 0.130 e. The number of benzene rings is 1. The number of methoxy groups -OCH3 is 2. The van der Waals surface area contributed by atoms with Gasteiger partial charge in [0.2, 0.25) is 0 Å². The number of ether oxygens (including phenoxy) is 2. The lowest BCUT2D eigenvalue weighted by molar-refractivity contribution is 0.391. The number of fused-ring (bicyclic) bond motifs is 2. The van der Waals surface area contributed by atoms with Gasteiger partial charge in [-0.2, -0.15) is 0 Å². The van der Waals surface area contributed by atoms with Gasteiger partial charge in [-0.3, -0.25) is 0 Å². The molecule has 4 aliphatic rings. The average molecular weight is 443 g/mol. The van der Waals surface area contributed by atoms with Crippen molar-refractivity contribution in [2.24, 2.45) is 11.8 Å². The molecule has 3 nitrogen and oxygen atoms in total. The summed E-state index contributed by atoms with van der Waals surface area (Å²) in [6.45, 7) is 0. The van der Waals surface area contributed by atoms with E-state index >= 15 is 4.57 Å². The Morgan fingerprint density at radius 3 is 1.77 bits per heavy atom. The van der Waals surface area contributed by atoms with Gasteiger partial charge in [0.15, 0.2) is 0 Å². The van der Waals surface area contributed by atoms with Crippen LogP contribution in [0.15, 0.2) is 23.5 Å². The lowest BCUT2D eigenvalue weighted by atomic mass is 9.90. The molecule has 0 radical (unpaired) electrons. The summed E-state index contributed by atoms with van der Waals surface area (Å²) in [7, 11) is 1.04. The second-order valence-electron chi connectivity index (χ2n) is 10.3. The molecule has 0 aliphatic heterocycles. The minimum absolute atomic E-state index is 0.411. The Hall–Kier alpha value is -1.21. The van der Waals surface area contributed by atoms with Gasteiger partial charge in [0.1, 0.15) is 18.6 Å². The molecule has 2 bridgehead atoms. The van der Waals surface area contributed by atoms with E-state index in [1.807, 2.05) is 6.07 Å². The molecule has 0 aromatic heterocycles. The van der Waals surface area contributed by atoms with Crippen molar-refractivity contribution in [2.45, 2.75) is 94.8 Å². The Kier molecular flexibility index (Phi) is 6.26.